The van der Waals surface area contributed by atoms with Crippen LogP contribution in [0, 0.1) is 12.8 Å². The molecule has 1 aromatic heterocycles. The molecule has 168 valence electrons. The number of aromatic nitrogens is 3. The Bertz CT molecular complexity index is 1170. The number of hydrogen-bond donors (Lipinski definition) is 1. The third kappa shape index (κ3) is 4.46. The largest absolute Gasteiger partial charge is 0.416 e. The van der Waals surface area contributed by atoms with Crippen molar-refractivity contribution in [3.8, 4) is 5.69 Å². The maximum Gasteiger partial charge on any atom is 0.416 e. The van der Waals surface area contributed by atoms with Gasteiger partial charge in [0.15, 0.2) is 0 Å². The van der Waals surface area contributed by atoms with Crippen LogP contribution in [0.4, 0.5) is 13.2 Å². The van der Waals surface area contributed by atoms with E-state index < -0.39 is 17.6 Å². The van der Waals surface area contributed by atoms with Gasteiger partial charge in [-0.2, -0.15) is 18.3 Å². The Balaban J connectivity index is 1.43. The van der Waals surface area contributed by atoms with E-state index in [9.17, 15) is 22.8 Å². The molecule has 3 aromatic rings. The molecule has 1 saturated heterocycles. The molecule has 0 radical (unpaired) electrons. The highest BCUT2D eigenvalue weighted by molar-refractivity contribution is 5.94. The number of alkyl halides is 3. The number of halogens is 3. The molecule has 1 N–H and O–H groups in total. The van der Waals surface area contributed by atoms with E-state index in [-0.39, 0.29) is 17.2 Å². The third-order valence-electron chi connectivity index (χ3n) is 5.91. The fourth-order valence-corrected chi connectivity index (χ4v) is 4.14. The van der Waals surface area contributed by atoms with Crippen LogP contribution in [-0.4, -0.2) is 38.7 Å². The second kappa shape index (κ2) is 8.64. The van der Waals surface area contributed by atoms with E-state index in [0.29, 0.717) is 38.2 Å². The first kappa shape index (κ1) is 21.9. The number of amides is 1. The molecule has 32 heavy (non-hydrogen) atoms. The van der Waals surface area contributed by atoms with Crippen molar-refractivity contribution in [3.05, 3.63) is 81.5 Å². The zero-order valence-corrected chi connectivity index (χ0v) is 17.5. The van der Waals surface area contributed by atoms with E-state index in [1.807, 2.05) is 31.2 Å². The summed E-state index contributed by atoms with van der Waals surface area (Å²) in [4.78, 5) is 26.7. The van der Waals surface area contributed by atoms with E-state index in [4.69, 9.17) is 0 Å². The molecular formula is C23H23F3N4O2. The Morgan fingerprint density at radius 1 is 1.12 bits per heavy atom. The molecule has 1 aliphatic heterocycles. The van der Waals surface area contributed by atoms with Crippen LogP contribution < -0.4 is 5.69 Å². The number of hydrogen-bond acceptors (Lipinski definition) is 3. The molecule has 0 saturated carbocycles. The van der Waals surface area contributed by atoms with Crippen molar-refractivity contribution in [3.63, 3.8) is 0 Å². The number of benzene rings is 2. The van der Waals surface area contributed by atoms with Crippen molar-refractivity contribution < 1.29 is 18.0 Å². The highest BCUT2D eigenvalue weighted by Gasteiger charge is 2.32. The Morgan fingerprint density at radius 3 is 2.53 bits per heavy atom. The number of aromatic amines is 1. The van der Waals surface area contributed by atoms with Crippen molar-refractivity contribution in [2.24, 2.45) is 5.92 Å². The zero-order chi connectivity index (χ0) is 22.9. The van der Waals surface area contributed by atoms with E-state index in [1.165, 1.54) is 12.1 Å². The summed E-state index contributed by atoms with van der Waals surface area (Å²) in [6.45, 7) is 2.81. The predicted molar refractivity (Wildman–Crippen MR) is 113 cm³/mol. The number of nitrogens with zero attached hydrogens (tertiary/aromatic N) is 3. The minimum Gasteiger partial charge on any atom is -0.339 e. The summed E-state index contributed by atoms with van der Waals surface area (Å²) in [5.74, 6) is 0.441. The first-order valence-corrected chi connectivity index (χ1v) is 10.4. The lowest BCUT2D eigenvalue weighted by molar-refractivity contribution is -0.137. The minimum absolute atomic E-state index is 0.0407. The van der Waals surface area contributed by atoms with Crippen molar-refractivity contribution >= 4 is 5.91 Å². The third-order valence-corrected chi connectivity index (χ3v) is 5.91. The summed E-state index contributed by atoms with van der Waals surface area (Å²) in [5, 5.41) is 6.72. The van der Waals surface area contributed by atoms with Crippen LogP contribution in [0.2, 0.25) is 0 Å². The number of H-pyrrole nitrogens is 1. The normalized spacial score (nSPS) is 15.2. The maximum absolute atomic E-state index is 13.0. The quantitative estimate of drug-likeness (QED) is 0.662. The summed E-state index contributed by atoms with van der Waals surface area (Å²) in [7, 11) is 0. The number of para-hydroxylation sites is 1. The lowest BCUT2D eigenvalue weighted by Gasteiger charge is -2.32. The van der Waals surface area contributed by atoms with Crippen molar-refractivity contribution in [2.75, 3.05) is 13.1 Å². The first-order valence-electron chi connectivity index (χ1n) is 10.4. The Labute approximate surface area is 182 Å². The number of likely N-dealkylation sites (tertiary alicyclic amines) is 1. The van der Waals surface area contributed by atoms with Crippen LogP contribution in [0.1, 0.15) is 40.2 Å². The van der Waals surface area contributed by atoms with Gasteiger partial charge >= 0.3 is 11.9 Å². The average Bonchev–Trinajstić information content (AvgIpc) is 3.13. The van der Waals surface area contributed by atoms with Crippen LogP contribution in [0.15, 0.2) is 53.3 Å². The molecule has 0 unspecified atom stereocenters. The molecule has 0 aliphatic carbocycles. The van der Waals surface area contributed by atoms with E-state index >= 15 is 0 Å². The molecule has 1 fully saturated rings. The number of carbonyl (C=O) groups is 1. The predicted octanol–water partition coefficient (Wildman–Crippen LogP) is 3.98. The van der Waals surface area contributed by atoms with Gasteiger partial charge in [-0.25, -0.2) is 14.5 Å². The summed E-state index contributed by atoms with van der Waals surface area (Å²) in [6.07, 6.45) is -2.56. The van der Waals surface area contributed by atoms with Gasteiger partial charge in [-0.3, -0.25) is 4.79 Å². The molecule has 2 aromatic carbocycles. The lowest BCUT2D eigenvalue weighted by Crippen LogP contribution is -2.39. The average molecular weight is 444 g/mol. The van der Waals surface area contributed by atoms with Gasteiger partial charge in [-0.15, -0.1) is 0 Å². The van der Waals surface area contributed by atoms with Crippen molar-refractivity contribution in [1.82, 2.24) is 19.7 Å². The van der Waals surface area contributed by atoms with E-state index in [1.54, 1.807) is 9.47 Å². The molecule has 4 rings (SSSR count). The molecule has 0 spiro atoms. The number of piperidine rings is 1. The standard InChI is InChI=1S/C23H23F3N4O2/c1-15-5-2-3-8-19(15)30-20(27-28-22(30)32)13-16-9-11-29(12-10-16)21(31)17-6-4-7-18(14-17)23(24,25)26/h2-8,14,16H,9-13H2,1H3,(H,28,32). The SMILES string of the molecule is Cc1ccccc1-n1c(CC2CCN(C(=O)c3cccc(C(F)(F)F)c3)CC2)n[nH]c1=O. The van der Waals surface area contributed by atoms with E-state index in [2.05, 4.69) is 10.2 Å². The second-order valence-electron chi connectivity index (χ2n) is 8.09. The molecule has 9 heteroatoms. The number of nitrogens with one attached hydrogen (secondary N) is 1. The second-order valence-corrected chi connectivity index (χ2v) is 8.09. The molecule has 1 amide bonds. The number of rotatable bonds is 4. The fraction of sp³-hybridized carbons (Fsp3) is 0.348. The lowest BCUT2D eigenvalue weighted by atomic mass is 9.92. The van der Waals surface area contributed by atoms with Gasteiger partial charge in [0.25, 0.3) is 5.91 Å². The van der Waals surface area contributed by atoms with Crippen molar-refractivity contribution in [1.29, 1.82) is 0 Å². The summed E-state index contributed by atoms with van der Waals surface area (Å²) >= 11 is 0. The van der Waals surface area contributed by atoms with Crippen LogP contribution in [0.3, 0.4) is 0 Å². The highest BCUT2D eigenvalue weighted by Crippen LogP contribution is 2.30. The monoisotopic (exact) mass is 444 g/mol. The first-order chi connectivity index (χ1) is 15.2. The van der Waals surface area contributed by atoms with Crippen LogP contribution in [0.5, 0.6) is 0 Å². The van der Waals surface area contributed by atoms with Gasteiger partial charge in [0.05, 0.1) is 11.3 Å². The Morgan fingerprint density at radius 2 is 1.84 bits per heavy atom. The van der Waals surface area contributed by atoms with Gasteiger partial charge in [-0.05, 0) is 55.5 Å². The molecular weight excluding hydrogens is 421 g/mol. The summed E-state index contributed by atoms with van der Waals surface area (Å²) in [5.41, 5.74) is 0.647. The number of carbonyl (C=O) groups excluding carboxylic acids is 1. The molecule has 6 nitrogen and oxygen atoms in total. The van der Waals surface area contributed by atoms with Crippen LogP contribution >= 0.6 is 0 Å². The summed E-state index contributed by atoms with van der Waals surface area (Å²) < 4.78 is 40.4. The van der Waals surface area contributed by atoms with Gasteiger partial charge in [0, 0.05) is 25.1 Å². The minimum atomic E-state index is -4.49. The highest BCUT2D eigenvalue weighted by atomic mass is 19.4. The Kier molecular flexibility index (Phi) is 5.90. The van der Waals surface area contributed by atoms with Crippen molar-refractivity contribution in [2.45, 2.75) is 32.4 Å². The molecule has 0 atom stereocenters. The van der Waals surface area contributed by atoms with E-state index in [0.717, 1.165) is 23.4 Å². The van der Waals surface area contributed by atoms with Crippen LogP contribution in [0.25, 0.3) is 5.69 Å². The number of aryl methyl sites for hydroxylation is 1. The zero-order valence-electron chi connectivity index (χ0n) is 17.5. The smallest absolute Gasteiger partial charge is 0.339 e. The summed E-state index contributed by atoms with van der Waals surface area (Å²) in [6, 6.07) is 12.1. The van der Waals surface area contributed by atoms with Gasteiger partial charge < -0.3 is 4.90 Å². The fourth-order valence-electron chi connectivity index (χ4n) is 4.14. The van der Waals surface area contributed by atoms with Gasteiger partial charge in [0.2, 0.25) is 0 Å². The molecule has 2 heterocycles. The molecule has 1 aliphatic rings. The van der Waals surface area contributed by atoms with Gasteiger partial charge in [0.1, 0.15) is 5.82 Å². The van der Waals surface area contributed by atoms with Crippen LogP contribution in [-0.2, 0) is 12.6 Å². The topological polar surface area (TPSA) is 71.0 Å². The molecule has 0 bridgehead atoms. The van der Waals surface area contributed by atoms with Gasteiger partial charge in [-0.1, -0.05) is 24.3 Å². The maximum atomic E-state index is 13.0. The Hall–Kier alpha value is -3.36.